The van der Waals surface area contributed by atoms with Crippen LogP contribution in [0.25, 0.3) is 0 Å². The summed E-state index contributed by atoms with van der Waals surface area (Å²) in [6.45, 7) is 2.73. The van der Waals surface area contributed by atoms with Crippen LogP contribution in [0, 0.1) is 6.92 Å². The largest absolute Gasteiger partial charge is 0.395 e. The average Bonchev–Trinajstić information content (AvgIpc) is 3.13. The minimum atomic E-state index is 0.133. The van der Waals surface area contributed by atoms with E-state index in [9.17, 15) is 0 Å². The van der Waals surface area contributed by atoms with Crippen LogP contribution in [0.1, 0.15) is 30.1 Å². The van der Waals surface area contributed by atoms with Crippen molar-refractivity contribution >= 4 is 11.6 Å². The van der Waals surface area contributed by atoms with Crippen molar-refractivity contribution in [2.24, 2.45) is 0 Å². The van der Waals surface area contributed by atoms with Gasteiger partial charge in [0.15, 0.2) is 0 Å². The molecule has 0 amide bonds. The van der Waals surface area contributed by atoms with Crippen molar-refractivity contribution in [2.75, 3.05) is 37.5 Å². The van der Waals surface area contributed by atoms with Crippen LogP contribution in [0.3, 0.4) is 0 Å². The van der Waals surface area contributed by atoms with E-state index in [4.69, 9.17) is 5.11 Å². The fourth-order valence-corrected chi connectivity index (χ4v) is 1.92. The Hall–Kier alpha value is -1.36. The second-order valence-electron chi connectivity index (χ2n) is 4.55. The molecule has 17 heavy (non-hydrogen) atoms. The highest BCUT2D eigenvalue weighted by Crippen LogP contribution is 2.39. The summed E-state index contributed by atoms with van der Waals surface area (Å²) < 4.78 is 0. The Labute approximate surface area is 102 Å². The Kier molecular flexibility index (Phi) is 3.47. The summed E-state index contributed by atoms with van der Waals surface area (Å²) in [6, 6.07) is 0. The third-order valence-electron chi connectivity index (χ3n) is 3.11. The third kappa shape index (κ3) is 2.49. The van der Waals surface area contributed by atoms with Crippen LogP contribution in [-0.4, -0.2) is 42.3 Å². The Morgan fingerprint density at radius 1 is 1.41 bits per heavy atom. The van der Waals surface area contributed by atoms with E-state index in [1.165, 1.54) is 12.8 Å². The van der Waals surface area contributed by atoms with Crippen LogP contribution >= 0.6 is 0 Å². The number of hydrogen-bond acceptors (Lipinski definition) is 5. The van der Waals surface area contributed by atoms with Crippen molar-refractivity contribution in [3.8, 4) is 0 Å². The molecule has 1 saturated carbocycles. The summed E-state index contributed by atoms with van der Waals surface area (Å²) in [4.78, 5) is 11.1. The molecule has 0 spiro atoms. The van der Waals surface area contributed by atoms with Gasteiger partial charge in [-0.15, -0.1) is 0 Å². The molecule has 5 nitrogen and oxygen atoms in total. The number of anilines is 2. The molecule has 1 fully saturated rings. The van der Waals surface area contributed by atoms with Gasteiger partial charge in [0.05, 0.1) is 6.61 Å². The number of nitrogens with zero attached hydrogens (tertiary/aromatic N) is 3. The van der Waals surface area contributed by atoms with Gasteiger partial charge in [-0.3, -0.25) is 0 Å². The summed E-state index contributed by atoms with van der Waals surface area (Å²) >= 11 is 0. The van der Waals surface area contributed by atoms with E-state index in [2.05, 4.69) is 15.3 Å². The number of likely N-dealkylation sites (N-methyl/N-ethyl adjacent to an activating group) is 1. The zero-order valence-electron chi connectivity index (χ0n) is 10.7. The first kappa shape index (κ1) is 12.1. The highest BCUT2D eigenvalue weighted by molar-refractivity contribution is 5.58. The van der Waals surface area contributed by atoms with Crippen molar-refractivity contribution < 1.29 is 5.11 Å². The predicted octanol–water partition coefficient (Wildman–Crippen LogP) is 1.13. The van der Waals surface area contributed by atoms with Gasteiger partial charge in [0.1, 0.15) is 17.5 Å². The first-order valence-corrected chi connectivity index (χ1v) is 6.05. The lowest BCUT2D eigenvalue weighted by Gasteiger charge is -2.21. The maximum atomic E-state index is 9.01. The van der Waals surface area contributed by atoms with Gasteiger partial charge in [-0.2, -0.15) is 0 Å². The lowest BCUT2D eigenvalue weighted by atomic mass is 10.2. The summed E-state index contributed by atoms with van der Waals surface area (Å²) in [5, 5.41) is 12.1. The highest BCUT2D eigenvalue weighted by Gasteiger charge is 2.28. The predicted molar refractivity (Wildman–Crippen MR) is 68.6 cm³/mol. The number of rotatable bonds is 5. The van der Waals surface area contributed by atoms with Gasteiger partial charge in [0.2, 0.25) is 0 Å². The van der Waals surface area contributed by atoms with Crippen molar-refractivity contribution in [3.63, 3.8) is 0 Å². The SMILES string of the molecule is CNc1nc(C2CC2)nc(N(C)CCO)c1C. The number of aliphatic hydroxyl groups excluding tert-OH is 1. The maximum absolute atomic E-state index is 9.01. The fourth-order valence-electron chi connectivity index (χ4n) is 1.92. The van der Waals surface area contributed by atoms with Crippen molar-refractivity contribution in [3.05, 3.63) is 11.4 Å². The summed E-state index contributed by atoms with van der Waals surface area (Å²) in [5.74, 6) is 3.27. The lowest BCUT2D eigenvalue weighted by molar-refractivity contribution is 0.303. The normalized spacial score (nSPS) is 14.8. The minimum Gasteiger partial charge on any atom is -0.395 e. The van der Waals surface area contributed by atoms with E-state index < -0.39 is 0 Å². The number of aliphatic hydroxyl groups is 1. The minimum absolute atomic E-state index is 0.133. The molecular weight excluding hydrogens is 216 g/mol. The van der Waals surface area contributed by atoms with Crippen molar-refractivity contribution in [1.82, 2.24) is 9.97 Å². The molecular formula is C12H20N4O. The molecule has 0 unspecified atom stereocenters. The zero-order valence-corrected chi connectivity index (χ0v) is 10.7. The van der Waals surface area contributed by atoms with Crippen LogP contribution < -0.4 is 10.2 Å². The van der Waals surface area contributed by atoms with Crippen LogP contribution in [0.2, 0.25) is 0 Å². The number of aromatic nitrogens is 2. The summed E-state index contributed by atoms with van der Waals surface area (Å²) in [7, 11) is 3.82. The molecule has 0 saturated heterocycles. The van der Waals surface area contributed by atoms with Crippen LogP contribution in [-0.2, 0) is 0 Å². The molecule has 5 heteroatoms. The first-order valence-electron chi connectivity index (χ1n) is 6.05. The molecule has 1 heterocycles. The molecule has 0 aromatic carbocycles. The Morgan fingerprint density at radius 3 is 2.65 bits per heavy atom. The molecule has 0 atom stereocenters. The van der Waals surface area contributed by atoms with Gasteiger partial charge in [0.25, 0.3) is 0 Å². The molecule has 1 aliphatic carbocycles. The van der Waals surface area contributed by atoms with Gasteiger partial charge in [-0.1, -0.05) is 0 Å². The molecule has 0 radical (unpaired) electrons. The molecule has 0 aliphatic heterocycles. The molecule has 0 bridgehead atoms. The summed E-state index contributed by atoms with van der Waals surface area (Å²) in [5.41, 5.74) is 1.04. The van der Waals surface area contributed by atoms with Gasteiger partial charge in [-0.05, 0) is 19.8 Å². The highest BCUT2D eigenvalue weighted by atomic mass is 16.3. The van der Waals surface area contributed by atoms with Crippen LogP contribution in [0.15, 0.2) is 0 Å². The quantitative estimate of drug-likeness (QED) is 0.802. The second kappa shape index (κ2) is 4.87. The third-order valence-corrected chi connectivity index (χ3v) is 3.11. The number of nitrogens with one attached hydrogen (secondary N) is 1. The number of hydrogen-bond donors (Lipinski definition) is 2. The first-order chi connectivity index (χ1) is 8.17. The Bertz CT molecular complexity index is 404. The van der Waals surface area contributed by atoms with Gasteiger partial charge >= 0.3 is 0 Å². The summed E-state index contributed by atoms with van der Waals surface area (Å²) in [6.07, 6.45) is 2.38. The second-order valence-corrected chi connectivity index (χ2v) is 4.55. The average molecular weight is 236 g/mol. The standard InChI is InChI=1S/C12H20N4O/c1-8-10(13-2)14-11(9-4-5-9)15-12(8)16(3)6-7-17/h9,17H,4-7H2,1-3H3,(H,13,14,15). The monoisotopic (exact) mass is 236 g/mol. The van der Waals surface area contributed by atoms with Gasteiger partial charge < -0.3 is 15.3 Å². The zero-order chi connectivity index (χ0) is 12.4. The van der Waals surface area contributed by atoms with E-state index in [0.717, 1.165) is 23.0 Å². The molecule has 1 aliphatic rings. The van der Waals surface area contributed by atoms with Crippen molar-refractivity contribution in [2.45, 2.75) is 25.7 Å². The molecule has 1 aromatic heterocycles. The van der Waals surface area contributed by atoms with E-state index in [1.54, 1.807) is 0 Å². The van der Waals surface area contributed by atoms with E-state index in [-0.39, 0.29) is 6.61 Å². The smallest absolute Gasteiger partial charge is 0.137 e. The topological polar surface area (TPSA) is 61.3 Å². The van der Waals surface area contributed by atoms with Crippen molar-refractivity contribution in [1.29, 1.82) is 0 Å². The van der Waals surface area contributed by atoms with Crippen LogP contribution in [0.4, 0.5) is 11.6 Å². The Balaban J connectivity index is 2.37. The van der Waals surface area contributed by atoms with E-state index in [0.29, 0.717) is 12.5 Å². The Morgan fingerprint density at radius 2 is 2.12 bits per heavy atom. The van der Waals surface area contributed by atoms with Gasteiger partial charge in [-0.25, -0.2) is 9.97 Å². The molecule has 2 N–H and O–H groups in total. The molecule has 2 rings (SSSR count). The van der Waals surface area contributed by atoms with Gasteiger partial charge in [0, 0.05) is 32.1 Å². The van der Waals surface area contributed by atoms with Crippen LogP contribution in [0.5, 0.6) is 0 Å². The molecule has 1 aromatic rings. The maximum Gasteiger partial charge on any atom is 0.137 e. The lowest BCUT2D eigenvalue weighted by Crippen LogP contribution is -2.24. The molecule has 94 valence electrons. The van der Waals surface area contributed by atoms with E-state index in [1.807, 2.05) is 25.9 Å². The van der Waals surface area contributed by atoms with E-state index >= 15 is 0 Å². The fraction of sp³-hybridized carbons (Fsp3) is 0.667.